The number of amides is 1. The molecule has 0 fully saturated rings. The van der Waals surface area contributed by atoms with E-state index in [-0.39, 0.29) is 5.91 Å². The lowest BCUT2D eigenvalue weighted by Crippen LogP contribution is -2.40. The number of carboxylic acid groups (broad SMARTS) is 1. The highest BCUT2D eigenvalue weighted by Crippen LogP contribution is 2.10. The molecule has 0 rings (SSSR count). The van der Waals surface area contributed by atoms with Crippen molar-refractivity contribution in [2.24, 2.45) is 0 Å². The van der Waals surface area contributed by atoms with Crippen molar-refractivity contribution in [3.8, 4) is 0 Å². The van der Waals surface area contributed by atoms with E-state index >= 15 is 0 Å². The van der Waals surface area contributed by atoms with Gasteiger partial charge in [-0.1, -0.05) is 65.2 Å². The van der Waals surface area contributed by atoms with Crippen LogP contribution < -0.4 is 5.32 Å². The maximum atomic E-state index is 11.2. The summed E-state index contributed by atoms with van der Waals surface area (Å²) in [6.07, 6.45) is 10.4. The molecule has 0 saturated carbocycles. The van der Waals surface area contributed by atoms with Gasteiger partial charge >= 0.3 is 5.97 Å². The van der Waals surface area contributed by atoms with Gasteiger partial charge in [-0.15, -0.1) is 0 Å². The Morgan fingerprint density at radius 1 is 0.947 bits per heavy atom. The number of hydrogen-bond donors (Lipinski definition) is 2. The molecule has 0 radical (unpaired) electrons. The summed E-state index contributed by atoms with van der Waals surface area (Å²) in [6, 6.07) is -0.715. The molecule has 0 aromatic heterocycles. The SMILES string of the molecule is CCCCCCCCCCC(NC(=O)CC)C(=O)O. The predicted octanol–water partition coefficient (Wildman–Crippen LogP) is 3.50. The molecule has 0 aromatic carbocycles. The number of unbranched alkanes of at least 4 members (excludes halogenated alkanes) is 7. The van der Waals surface area contributed by atoms with E-state index < -0.39 is 12.0 Å². The summed E-state index contributed by atoms with van der Waals surface area (Å²) in [5.41, 5.74) is 0. The van der Waals surface area contributed by atoms with E-state index in [0.29, 0.717) is 12.8 Å². The number of hydrogen-bond acceptors (Lipinski definition) is 2. The van der Waals surface area contributed by atoms with E-state index in [1.54, 1.807) is 6.92 Å². The minimum atomic E-state index is -0.926. The Hall–Kier alpha value is -1.06. The maximum Gasteiger partial charge on any atom is 0.326 e. The molecule has 112 valence electrons. The standard InChI is InChI=1S/C15H29NO3/c1-3-5-6-7-8-9-10-11-12-13(15(18)19)16-14(17)4-2/h13H,3-12H2,1-2H3,(H,16,17)(H,18,19). The van der Waals surface area contributed by atoms with Crippen molar-refractivity contribution in [1.29, 1.82) is 0 Å². The Balaban J connectivity index is 3.59. The number of aliphatic carboxylic acids is 1. The fourth-order valence-corrected chi connectivity index (χ4v) is 2.04. The quantitative estimate of drug-likeness (QED) is 0.534. The minimum Gasteiger partial charge on any atom is -0.480 e. The van der Waals surface area contributed by atoms with Crippen molar-refractivity contribution in [1.82, 2.24) is 5.32 Å². The van der Waals surface area contributed by atoms with Crippen LogP contribution in [0.4, 0.5) is 0 Å². The number of carbonyl (C=O) groups excluding carboxylic acids is 1. The third kappa shape index (κ3) is 10.5. The number of rotatable bonds is 12. The average molecular weight is 271 g/mol. The van der Waals surface area contributed by atoms with E-state index in [0.717, 1.165) is 19.3 Å². The molecule has 0 saturated heterocycles. The first-order chi connectivity index (χ1) is 9.11. The summed E-state index contributed by atoms with van der Waals surface area (Å²) in [5, 5.41) is 11.5. The molecule has 0 heterocycles. The van der Waals surface area contributed by atoms with Crippen molar-refractivity contribution in [2.45, 2.75) is 84.1 Å². The largest absolute Gasteiger partial charge is 0.480 e. The van der Waals surface area contributed by atoms with Crippen LogP contribution in [0.1, 0.15) is 78.1 Å². The minimum absolute atomic E-state index is 0.188. The molecule has 0 aliphatic carbocycles. The number of nitrogens with one attached hydrogen (secondary N) is 1. The van der Waals surface area contributed by atoms with Gasteiger partial charge in [0, 0.05) is 6.42 Å². The third-order valence-electron chi connectivity index (χ3n) is 3.30. The van der Waals surface area contributed by atoms with Crippen molar-refractivity contribution in [3.05, 3.63) is 0 Å². The average Bonchev–Trinajstić information content (AvgIpc) is 2.39. The van der Waals surface area contributed by atoms with Gasteiger partial charge in [-0.2, -0.15) is 0 Å². The van der Waals surface area contributed by atoms with Crippen LogP contribution in [0.25, 0.3) is 0 Å². The summed E-state index contributed by atoms with van der Waals surface area (Å²) in [4.78, 5) is 22.2. The molecule has 2 N–H and O–H groups in total. The Kier molecular flexibility index (Phi) is 11.3. The van der Waals surface area contributed by atoms with Gasteiger partial charge in [0.1, 0.15) is 6.04 Å². The summed E-state index contributed by atoms with van der Waals surface area (Å²) >= 11 is 0. The Morgan fingerprint density at radius 3 is 1.95 bits per heavy atom. The molecular weight excluding hydrogens is 242 g/mol. The van der Waals surface area contributed by atoms with Crippen molar-refractivity contribution >= 4 is 11.9 Å². The van der Waals surface area contributed by atoms with E-state index in [9.17, 15) is 9.59 Å². The molecule has 0 aliphatic rings. The van der Waals surface area contributed by atoms with E-state index in [1.807, 2.05) is 0 Å². The molecule has 4 heteroatoms. The maximum absolute atomic E-state index is 11.2. The summed E-state index contributed by atoms with van der Waals surface area (Å²) in [6.45, 7) is 3.93. The Labute approximate surface area is 117 Å². The summed E-state index contributed by atoms with van der Waals surface area (Å²) in [7, 11) is 0. The number of carboxylic acids is 1. The van der Waals surface area contributed by atoms with Crippen LogP contribution in [0.5, 0.6) is 0 Å². The predicted molar refractivity (Wildman–Crippen MR) is 77.1 cm³/mol. The second-order valence-electron chi connectivity index (χ2n) is 5.08. The monoisotopic (exact) mass is 271 g/mol. The molecule has 0 spiro atoms. The van der Waals surface area contributed by atoms with Crippen LogP contribution in [0, 0.1) is 0 Å². The first-order valence-electron chi connectivity index (χ1n) is 7.64. The van der Waals surface area contributed by atoms with Gasteiger partial charge in [-0.05, 0) is 6.42 Å². The zero-order valence-corrected chi connectivity index (χ0v) is 12.4. The van der Waals surface area contributed by atoms with Crippen LogP contribution in [0.15, 0.2) is 0 Å². The smallest absolute Gasteiger partial charge is 0.326 e. The topological polar surface area (TPSA) is 66.4 Å². The third-order valence-corrected chi connectivity index (χ3v) is 3.30. The van der Waals surface area contributed by atoms with Crippen molar-refractivity contribution in [2.75, 3.05) is 0 Å². The van der Waals surface area contributed by atoms with Gasteiger partial charge in [0.15, 0.2) is 0 Å². The van der Waals surface area contributed by atoms with E-state index in [1.165, 1.54) is 32.1 Å². The zero-order valence-electron chi connectivity index (χ0n) is 12.4. The molecular formula is C15H29NO3. The van der Waals surface area contributed by atoms with Crippen LogP contribution in [-0.4, -0.2) is 23.0 Å². The first-order valence-corrected chi connectivity index (χ1v) is 7.64. The molecule has 19 heavy (non-hydrogen) atoms. The normalized spacial score (nSPS) is 12.1. The van der Waals surface area contributed by atoms with Gasteiger partial charge in [-0.25, -0.2) is 4.79 Å². The second-order valence-corrected chi connectivity index (χ2v) is 5.08. The summed E-state index contributed by atoms with van der Waals surface area (Å²) in [5.74, 6) is -1.11. The van der Waals surface area contributed by atoms with Gasteiger partial charge in [0.25, 0.3) is 0 Å². The fraction of sp³-hybridized carbons (Fsp3) is 0.867. The zero-order chi connectivity index (χ0) is 14.5. The molecule has 4 nitrogen and oxygen atoms in total. The van der Waals surface area contributed by atoms with Gasteiger partial charge in [0.05, 0.1) is 0 Å². The van der Waals surface area contributed by atoms with Gasteiger partial charge in [-0.3, -0.25) is 4.79 Å². The highest BCUT2D eigenvalue weighted by molar-refractivity contribution is 5.83. The molecule has 0 bridgehead atoms. The molecule has 1 unspecified atom stereocenters. The highest BCUT2D eigenvalue weighted by Gasteiger charge is 2.18. The fourth-order valence-electron chi connectivity index (χ4n) is 2.04. The Bertz CT molecular complexity index is 254. The summed E-state index contributed by atoms with van der Waals surface area (Å²) < 4.78 is 0. The van der Waals surface area contributed by atoms with Crippen LogP contribution in [0.2, 0.25) is 0 Å². The molecule has 0 aromatic rings. The van der Waals surface area contributed by atoms with Crippen molar-refractivity contribution < 1.29 is 14.7 Å². The van der Waals surface area contributed by atoms with E-state index in [2.05, 4.69) is 12.2 Å². The van der Waals surface area contributed by atoms with Crippen LogP contribution in [-0.2, 0) is 9.59 Å². The van der Waals surface area contributed by atoms with Gasteiger partial charge in [0.2, 0.25) is 5.91 Å². The highest BCUT2D eigenvalue weighted by atomic mass is 16.4. The molecule has 1 amide bonds. The lowest BCUT2D eigenvalue weighted by atomic mass is 10.0. The molecule has 0 aliphatic heterocycles. The van der Waals surface area contributed by atoms with Crippen molar-refractivity contribution in [3.63, 3.8) is 0 Å². The molecule has 1 atom stereocenters. The number of carbonyl (C=O) groups is 2. The van der Waals surface area contributed by atoms with E-state index in [4.69, 9.17) is 5.11 Å². The van der Waals surface area contributed by atoms with Crippen LogP contribution >= 0.6 is 0 Å². The Morgan fingerprint density at radius 2 is 1.47 bits per heavy atom. The lowest BCUT2D eigenvalue weighted by molar-refractivity contribution is -0.142. The van der Waals surface area contributed by atoms with Gasteiger partial charge < -0.3 is 10.4 Å². The second kappa shape index (κ2) is 12.0. The first kappa shape index (κ1) is 17.9. The lowest BCUT2D eigenvalue weighted by Gasteiger charge is -2.13. The van der Waals surface area contributed by atoms with Crippen LogP contribution in [0.3, 0.4) is 0 Å².